The fraction of sp³-hybridized carbons (Fsp3) is 0.217. The molecule has 0 saturated heterocycles. The highest BCUT2D eigenvalue weighted by molar-refractivity contribution is 5.73. The summed E-state index contributed by atoms with van der Waals surface area (Å²) in [7, 11) is 0. The zero-order valence-corrected chi connectivity index (χ0v) is 15.7. The molecule has 28 heavy (non-hydrogen) atoms. The Morgan fingerprint density at radius 3 is 2.43 bits per heavy atom. The number of nitrogens with two attached hydrogens (primary N) is 1. The molecule has 3 aromatic rings. The molecular weight excluding hydrogens is 352 g/mol. The number of benzene rings is 2. The van der Waals surface area contributed by atoms with Crippen molar-refractivity contribution in [3.63, 3.8) is 0 Å². The van der Waals surface area contributed by atoms with E-state index in [0.29, 0.717) is 24.6 Å². The van der Waals surface area contributed by atoms with Crippen LogP contribution in [-0.2, 0) is 4.79 Å². The minimum Gasteiger partial charge on any atom is -0.481 e. The van der Waals surface area contributed by atoms with E-state index in [-0.39, 0.29) is 6.42 Å². The highest BCUT2D eigenvalue weighted by atomic mass is 16.5. The van der Waals surface area contributed by atoms with Gasteiger partial charge in [-0.25, -0.2) is 4.98 Å². The maximum atomic E-state index is 10.6. The lowest BCUT2D eigenvalue weighted by molar-refractivity contribution is -0.137. The van der Waals surface area contributed by atoms with Crippen LogP contribution >= 0.6 is 0 Å². The fourth-order valence-corrected chi connectivity index (χ4v) is 2.95. The third-order valence-corrected chi connectivity index (χ3v) is 4.38. The number of anilines is 1. The number of aromatic nitrogens is 1. The molecule has 0 aliphatic carbocycles. The largest absolute Gasteiger partial charge is 0.481 e. The summed E-state index contributed by atoms with van der Waals surface area (Å²) < 4.78 is 5.88. The molecule has 5 nitrogen and oxygen atoms in total. The molecule has 0 fully saturated rings. The van der Waals surface area contributed by atoms with Gasteiger partial charge >= 0.3 is 5.97 Å². The molecule has 0 saturated carbocycles. The van der Waals surface area contributed by atoms with Crippen molar-refractivity contribution in [1.29, 1.82) is 0 Å². The van der Waals surface area contributed by atoms with Gasteiger partial charge in [0.05, 0.1) is 12.3 Å². The molecule has 1 aromatic heterocycles. The number of hydrogen-bond acceptors (Lipinski definition) is 4. The predicted octanol–water partition coefficient (Wildman–Crippen LogP) is 5.02. The fourth-order valence-electron chi connectivity index (χ4n) is 2.95. The monoisotopic (exact) mass is 376 g/mol. The smallest absolute Gasteiger partial charge is 0.303 e. The van der Waals surface area contributed by atoms with Gasteiger partial charge in [-0.2, -0.15) is 0 Å². The summed E-state index contributed by atoms with van der Waals surface area (Å²) in [6, 6.07) is 21.6. The Morgan fingerprint density at radius 2 is 1.68 bits per heavy atom. The average Bonchev–Trinajstić information content (AvgIpc) is 2.71. The third kappa shape index (κ3) is 5.58. The van der Waals surface area contributed by atoms with Crippen LogP contribution in [0.25, 0.3) is 22.4 Å². The normalized spacial score (nSPS) is 10.6. The Kier molecular flexibility index (Phi) is 6.63. The molecule has 3 rings (SSSR count). The van der Waals surface area contributed by atoms with E-state index in [1.54, 1.807) is 0 Å². The Balaban J connectivity index is 1.79. The second kappa shape index (κ2) is 9.55. The quantitative estimate of drug-likeness (QED) is 0.404. The SMILES string of the molecule is Nc1cccc(-c2cc(OCCCCCC(=O)O)nc(-c3ccccc3)c2)c1. The Morgan fingerprint density at radius 1 is 0.893 bits per heavy atom. The van der Waals surface area contributed by atoms with E-state index >= 15 is 0 Å². The van der Waals surface area contributed by atoms with E-state index in [2.05, 4.69) is 4.98 Å². The Labute approximate surface area is 164 Å². The van der Waals surface area contributed by atoms with Crippen LogP contribution in [0.5, 0.6) is 5.88 Å². The first-order valence-corrected chi connectivity index (χ1v) is 9.40. The molecule has 0 amide bonds. The molecule has 0 aliphatic heterocycles. The minimum atomic E-state index is -0.759. The zero-order chi connectivity index (χ0) is 19.8. The van der Waals surface area contributed by atoms with E-state index in [4.69, 9.17) is 15.6 Å². The first-order valence-electron chi connectivity index (χ1n) is 9.40. The predicted molar refractivity (Wildman–Crippen MR) is 111 cm³/mol. The van der Waals surface area contributed by atoms with Crippen LogP contribution in [0.1, 0.15) is 25.7 Å². The van der Waals surface area contributed by atoms with Gasteiger partial charge in [0.1, 0.15) is 0 Å². The van der Waals surface area contributed by atoms with Gasteiger partial charge in [-0.05, 0) is 48.6 Å². The number of hydrogen-bond donors (Lipinski definition) is 2. The van der Waals surface area contributed by atoms with Crippen molar-refractivity contribution in [1.82, 2.24) is 4.98 Å². The van der Waals surface area contributed by atoms with Gasteiger partial charge < -0.3 is 15.6 Å². The highest BCUT2D eigenvalue weighted by Crippen LogP contribution is 2.29. The van der Waals surface area contributed by atoms with Gasteiger partial charge in [0, 0.05) is 23.7 Å². The maximum Gasteiger partial charge on any atom is 0.303 e. The molecule has 0 spiro atoms. The van der Waals surface area contributed by atoms with Gasteiger partial charge in [0.2, 0.25) is 5.88 Å². The lowest BCUT2D eigenvalue weighted by Crippen LogP contribution is -2.01. The van der Waals surface area contributed by atoms with Crippen LogP contribution in [0.15, 0.2) is 66.7 Å². The van der Waals surface area contributed by atoms with Crippen LogP contribution in [0.3, 0.4) is 0 Å². The second-order valence-electron chi connectivity index (χ2n) is 6.62. The number of carbonyl (C=O) groups is 1. The first-order chi connectivity index (χ1) is 13.6. The number of unbranched alkanes of at least 4 members (excludes halogenated alkanes) is 2. The van der Waals surface area contributed by atoms with E-state index in [1.165, 1.54) is 0 Å². The molecule has 0 unspecified atom stereocenters. The molecule has 2 aromatic carbocycles. The highest BCUT2D eigenvalue weighted by Gasteiger charge is 2.08. The van der Waals surface area contributed by atoms with Crippen LogP contribution in [0.4, 0.5) is 5.69 Å². The van der Waals surface area contributed by atoms with Crippen LogP contribution in [-0.4, -0.2) is 22.7 Å². The summed E-state index contributed by atoms with van der Waals surface area (Å²) in [5.74, 6) is -0.207. The van der Waals surface area contributed by atoms with Crippen molar-refractivity contribution in [2.75, 3.05) is 12.3 Å². The lowest BCUT2D eigenvalue weighted by Gasteiger charge is -2.11. The number of nitrogen functional groups attached to an aromatic ring is 1. The van der Waals surface area contributed by atoms with Crippen molar-refractivity contribution in [3.05, 3.63) is 66.7 Å². The number of ether oxygens (including phenoxy) is 1. The average molecular weight is 376 g/mol. The molecule has 3 N–H and O–H groups in total. The van der Waals surface area contributed by atoms with Crippen molar-refractivity contribution >= 4 is 11.7 Å². The molecule has 0 bridgehead atoms. The van der Waals surface area contributed by atoms with Gasteiger partial charge in [-0.1, -0.05) is 42.5 Å². The number of carboxylic acid groups (broad SMARTS) is 1. The lowest BCUT2D eigenvalue weighted by atomic mass is 10.0. The standard InChI is InChI=1S/C23H24N2O3/c24-20-11-7-10-18(14-20)19-15-21(17-8-3-1-4-9-17)25-22(16-19)28-13-6-2-5-12-23(26)27/h1,3-4,7-11,14-16H,2,5-6,12-13,24H2,(H,26,27). The van der Waals surface area contributed by atoms with E-state index in [0.717, 1.165) is 35.2 Å². The zero-order valence-electron chi connectivity index (χ0n) is 15.7. The molecule has 144 valence electrons. The van der Waals surface area contributed by atoms with Crippen LogP contribution < -0.4 is 10.5 Å². The number of rotatable bonds is 9. The maximum absolute atomic E-state index is 10.6. The molecule has 0 radical (unpaired) electrons. The number of nitrogens with zero attached hydrogens (tertiary/aromatic N) is 1. The van der Waals surface area contributed by atoms with Crippen molar-refractivity contribution in [3.8, 4) is 28.3 Å². The number of carboxylic acids is 1. The van der Waals surface area contributed by atoms with Crippen molar-refractivity contribution in [2.45, 2.75) is 25.7 Å². The van der Waals surface area contributed by atoms with E-state index in [9.17, 15) is 4.79 Å². The molecule has 5 heteroatoms. The van der Waals surface area contributed by atoms with Crippen molar-refractivity contribution < 1.29 is 14.6 Å². The number of pyridine rings is 1. The van der Waals surface area contributed by atoms with Crippen LogP contribution in [0, 0.1) is 0 Å². The summed E-state index contributed by atoms with van der Waals surface area (Å²) in [5, 5.41) is 8.69. The molecule has 0 aliphatic rings. The first kappa shape index (κ1) is 19.4. The minimum absolute atomic E-state index is 0.196. The van der Waals surface area contributed by atoms with Crippen molar-refractivity contribution in [2.24, 2.45) is 0 Å². The van der Waals surface area contributed by atoms with Gasteiger partial charge in [-0.3, -0.25) is 4.79 Å². The molecular formula is C23H24N2O3. The Bertz CT molecular complexity index is 926. The van der Waals surface area contributed by atoms with Crippen LogP contribution in [0.2, 0.25) is 0 Å². The van der Waals surface area contributed by atoms with E-state index < -0.39 is 5.97 Å². The van der Waals surface area contributed by atoms with Gasteiger partial charge in [0.25, 0.3) is 0 Å². The second-order valence-corrected chi connectivity index (χ2v) is 6.62. The summed E-state index contributed by atoms with van der Waals surface area (Å²) in [6.45, 7) is 0.501. The molecule has 0 atom stereocenters. The number of aliphatic carboxylic acids is 1. The summed E-state index contributed by atoms with van der Waals surface area (Å²) >= 11 is 0. The van der Waals surface area contributed by atoms with E-state index in [1.807, 2.05) is 66.7 Å². The molecule has 1 heterocycles. The van der Waals surface area contributed by atoms with Gasteiger partial charge in [-0.15, -0.1) is 0 Å². The van der Waals surface area contributed by atoms with Gasteiger partial charge in [0.15, 0.2) is 0 Å². The summed E-state index contributed by atoms with van der Waals surface area (Å²) in [6.07, 6.45) is 2.46. The summed E-state index contributed by atoms with van der Waals surface area (Å²) in [5.41, 5.74) is 10.5. The third-order valence-electron chi connectivity index (χ3n) is 4.38. The Hall–Kier alpha value is -3.34. The topological polar surface area (TPSA) is 85.4 Å². The summed E-state index contributed by atoms with van der Waals surface area (Å²) in [4.78, 5) is 15.2.